The van der Waals surface area contributed by atoms with Gasteiger partial charge in [0.2, 0.25) is 0 Å². The third-order valence-electron chi connectivity index (χ3n) is 3.41. The van der Waals surface area contributed by atoms with Crippen molar-refractivity contribution in [3.63, 3.8) is 0 Å². The molecule has 2 aromatic rings. The Morgan fingerprint density at radius 2 is 1.73 bits per heavy atom. The third kappa shape index (κ3) is 5.58. The van der Waals surface area contributed by atoms with Crippen molar-refractivity contribution in [2.75, 3.05) is 22.8 Å². The van der Waals surface area contributed by atoms with Crippen LogP contribution in [0.5, 0.6) is 5.75 Å². The van der Waals surface area contributed by atoms with Crippen molar-refractivity contribution >= 4 is 37.1 Å². The van der Waals surface area contributed by atoms with Gasteiger partial charge in [0.15, 0.2) is 9.84 Å². The molecule has 0 aromatic heterocycles. The van der Waals surface area contributed by atoms with E-state index in [1.54, 1.807) is 6.92 Å². The second-order valence-electron chi connectivity index (χ2n) is 5.29. The fourth-order valence-corrected chi connectivity index (χ4v) is 3.78. The minimum atomic E-state index is -3.89. The van der Waals surface area contributed by atoms with E-state index in [1.807, 2.05) is 0 Å². The first kappa shape index (κ1) is 20.5. The summed E-state index contributed by atoms with van der Waals surface area (Å²) in [6, 6.07) is 8.95. The quantitative estimate of drug-likeness (QED) is 0.707. The van der Waals surface area contributed by atoms with Gasteiger partial charge in [-0.05, 0) is 42.5 Å². The summed E-state index contributed by atoms with van der Waals surface area (Å²) >= 11 is 5.63. The number of hydrogen-bond acceptors (Lipinski definition) is 5. The van der Waals surface area contributed by atoms with Gasteiger partial charge in [-0.3, -0.25) is 4.72 Å². The Kier molecular flexibility index (Phi) is 6.48. The van der Waals surface area contributed by atoms with E-state index in [2.05, 4.69) is 4.72 Å². The molecule has 0 unspecified atom stereocenters. The van der Waals surface area contributed by atoms with E-state index in [4.69, 9.17) is 16.3 Å². The Bertz CT molecular complexity index is 976. The predicted molar refractivity (Wildman–Crippen MR) is 98.5 cm³/mol. The molecule has 0 fully saturated rings. The molecule has 0 spiro atoms. The molecule has 0 atom stereocenters. The van der Waals surface area contributed by atoms with Crippen LogP contribution in [-0.2, 0) is 19.9 Å². The van der Waals surface area contributed by atoms with Gasteiger partial charge < -0.3 is 4.74 Å². The number of sulfonamides is 1. The van der Waals surface area contributed by atoms with Crippen molar-refractivity contribution in [1.29, 1.82) is 0 Å². The van der Waals surface area contributed by atoms with Crippen LogP contribution in [0.3, 0.4) is 0 Å². The molecule has 6 nitrogen and oxygen atoms in total. The molecule has 10 heteroatoms. The first-order chi connectivity index (χ1) is 12.1. The standard InChI is InChI=1S/C16H17ClFNO5S2/c1-2-25(20,21)10-9-24-13-4-6-14(7-5-13)26(22,23)19-12-3-8-16(18)15(17)11-12/h3-8,11,19H,2,9-10H2,1H3. The van der Waals surface area contributed by atoms with E-state index >= 15 is 0 Å². The summed E-state index contributed by atoms with van der Waals surface area (Å²) in [5, 5.41) is -0.198. The molecule has 0 aliphatic rings. The first-order valence-corrected chi connectivity index (χ1v) is 11.2. The van der Waals surface area contributed by atoms with Crippen LogP contribution >= 0.6 is 11.6 Å². The number of nitrogens with one attached hydrogen (secondary N) is 1. The van der Waals surface area contributed by atoms with E-state index in [0.29, 0.717) is 5.75 Å². The molecule has 0 bridgehead atoms. The van der Waals surface area contributed by atoms with Crippen molar-refractivity contribution < 1.29 is 26.0 Å². The van der Waals surface area contributed by atoms with Crippen molar-refractivity contribution in [1.82, 2.24) is 0 Å². The van der Waals surface area contributed by atoms with Gasteiger partial charge in [0.05, 0.1) is 21.4 Å². The van der Waals surface area contributed by atoms with Gasteiger partial charge in [-0.15, -0.1) is 0 Å². The molecule has 0 saturated heterocycles. The second-order valence-corrected chi connectivity index (χ2v) is 9.85. The van der Waals surface area contributed by atoms with Crippen molar-refractivity contribution in [3.8, 4) is 5.75 Å². The van der Waals surface area contributed by atoms with E-state index in [9.17, 15) is 21.2 Å². The summed E-state index contributed by atoms with van der Waals surface area (Å²) in [5.74, 6) is -0.385. The molecule has 142 valence electrons. The lowest BCUT2D eigenvalue weighted by atomic mass is 10.3. The fraction of sp³-hybridized carbons (Fsp3) is 0.250. The molecule has 2 aromatic carbocycles. The maximum absolute atomic E-state index is 13.1. The molecular weight excluding hydrogens is 405 g/mol. The SMILES string of the molecule is CCS(=O)(=O)CCOc1ccc(S(=O)(=O)Nc2ccc(F)c(Cl)c2)cc1. The van der Waals surface area contributed by atoms with Crippen LogP contribution in [0.4, 0.5) is 10.1 Å². The number of rotatable bonds is 8. The number of ether oxygens (including phenoxy) is 1. The zero-order valence-electron chi connectivity index (χ0n) is 13.8. The predicted octanol–water partition coefficient (Wildman–Crippen LogP) is 3.09. The topological polar surface area (TPSA) is 89.5 Å². The van der Waals surface area contributed by atoms with Gasteiger partial charge in [0, 0.05) is 5.75 Å². The highest BCUT2D eigenvalue weighted by Gasteiger charge is 2.15. The molecule has 0 saturated carbocycles. The normalized spacial score (nSPS) is 12.0. The van der Waals surface area contributed by atoms with Gasteiger partial charge in [0.1, 0.15) is 18.2 Å². The summed E-state index contributed by atoms with van der Waals surface area (Å²) in [6.45, 7) is 1.53. The zero-order chi connectivity index (χ0) is 19.4. The lowest BCUT2D eigenvalue weighted by Gasteiger charge is -2.10. The first-order valence-electron chi connectivity index (χ1n) is 7.54. The number of anilines is 1. The fourth-order valence-electron chi connectivity index (χ4n) is 1.92. The summed E-state index contributed by atoms with van der Waals surface area (Å²) < 4.78 is 68.2. The Morgan fingerprint density at radius 3 is 2.31 bits per heavy atom. The van der Waals surface area contributed by atoms with Gasteiger partial charge in [-0.1, -0.05) is 18.5 Å². The summed E-state index contributed by atoms with van der Waals surface area (Å²) in [6.07, 6.45) is 0. The highest BCUT2D eigenvalue weighted by Crippen LogP contribution is 2.23. The highest BCUT2D eigenvalue weighted by molar-refractivity contribution is 7.92. The molecule has 26 heavy (non-hydrogen) atoms. The lowest BCUT2D eigenvalue weighted by Crippen LogP contribution is -2.15. The molecule has 0 heterocycles. The van der Waals surface area contributed by atoms with E-state index in [1.165, 1.54) is 36.4 Å². The van der Waals surface area contributed by atoms with Gasteiger partial charge in [-0.25, -0.2) is 21.2 Å². The molecule has 2 rings (SSSR count). The monoisotopic (exact) mass is 421 g/mol. The molecule has 1 N–H and O–H groups in total. The van der Waals surface area contributed by atoms with Crippen LogP contribution in [0.1, 0.15) is 6.92 Å². The largest absolute Gasteiger partial charge is 0.493 e. The van der Waals surface area contributed by atoms with E-state index in [-0.39, 0.29) is 33.7 Å². The Balaban J connectivity index is 2.05. The van der Waals surface area contributed by atoms with Crippen molar-refractivity contribution in [3.05, 3.63) is 53.3 Å². The van der Waals surface area contributed by atoms with Crippen LogP contribution in [0.2, 0.25) is 5.02 Å². The summed E-state index contributed by atoms with van der Waals surface area (Å²) in [5.41, 5.74) is 0.126. The van der Waals surface area contributed by atoms with E-state index < -0.39 is 25.7 Å². The molecule has 0 aliphatic heterocycles. The van der Waals surface area contributed by atoms with Gasteiger partial charge >= 0.3 is 0 Å². The Hall–Kier alpha value is -1.84. The van der Waals surface area contributed by atoms with Gasteiger partial charge in [-0.2, -0.15) is 0 Å². The highest BCUT2D eigenvalue weighted by atomic mass is 35.5. The van der Waals surface area contributed by atoms with Crippen LogP contribution in [-0.4, -0.2) is 34.9 Å². The van der Waals surface area contributed by atoms with Crippen molar-refractivity contribution in [2.24, 2.45) is 0 Å². The minimum Gasteiger partial charge on any atom is -0.493 e. The number of sulfone groups is 1. The molecular formula is C16H17ClFNO5S2. The third-order valence-corrected chi connectivity index (χ3v) is 6.76. The molecule has 0 radical (unpaired) electrons. The maximum Gasteiger partial charge on any atom is 0.261 e. The van der Waals surface area contributed by atoms with Crippen LogP contribution in [0.25, 0.3) is 0 Å². The second kappa shape index (κ2) is 8.24. The van der Waals surface area contributed by atoms with E-state index in [0.717, 1.165) is 6.07 Å². The lowest BCUT2D eigenvalue weighted by molar-refractivity contribution is 0.340. The Labute approximate surface area is 156 Å². The molecule has 0 aliphatic carbocycles. The minimum absolute atomic E-state index is 0.0192. The average molecular weight is 422 g/mol. The van der Waals surface area contributed by atoms with Crippen LogP contribution in [0, 0.1) is 5.82 Å². The number of hydrogen-bond donors (Lipinski definition) is 1. The van der Waals surface area contributed by atoms with Crippen LogP contribution < -0.4 is 9.46 Å². The molecule has 0 amide bonds. The smallest absolute Gasteiger partial charge is 0.261 e. The van der Waals surface area contributed by atoms with Crippen LogP contribution in [0.15, 0.2) is 47.4 Å². The van der Waals surface area contributed by atoms with Crippen molar-refractivity contribution in [2.45, 2.75) is 11.8 Å². The zero-order valence-corrected chi connectivity index (χ0v) is 16.2. The summed E-state index contributed by atoms with van der Waals surface area (Å²) in [7, 11) is -7.02. The van der Waals surface area contributed by atoms with Gasteiger partial charge in [0.25, 0.3) is 10.0 Å². The number of benzene rings is 2. The maximum atomic E-state index is 13.1. The summed E-state index contributed by atoms with van der Waals surface area (Å²) in [4.78, 5) is -0.0357. The Morgan fingerprint density at radius 1 is 1.08 bits per heavy atom. The average Bonchev–Trinajstić information content (AvgIpc) is 2.58. The number of halogens is 2.